The second-order valence-electron chi connectivity index (χ2n) is 8.64. The Morgan fingerprint density at radius 3 is 2.94 bits per heavy atom. The maximum Gasteiger partial charge on any atom is 0.272 e. The Bertz CT molecular complexity index is 1700. The maximum atomic E-state index is 12.9. The van der Waals surface area contributed by atoms with E-state index in [0.29, 0.717) is 28.6 Å². The SMILES string of the molecule is Cn1ncc(-c2cc([C@@H]3CCCO3)c3c(=O)[nH]nc(CN)c3c2)c1-c1sc2ccccc2c1C#N. The van der Waals surface area contributed by atoms with Crippen LogP contribution < -0.4 is 11.3 Å². The van der Waals surface area contributed by atoms with Gasteiger partial charge in [0.2, 0.25) is 0 Å². The molecule has 3 N–H and O–H groups in total. The summed E-state index contributed by atoms with van der Waals surface area (Å²) >= 11 is 1.58. The number of ether oxygens (including phenoxy) is 1. The number of fused-ring (bicyclic) bond motifs is 2. The van der Waals surface area contributed by atoms with Crippen molar-refractivity contribution in [3.05, 3.63) is 69.8 Å². The number of rotatable bonds is 4. The first-order chi connectivity index (χ1) is 17.1. The number of benzene rings is 2. The lowest BCUT2D eigenvalue weighted by Crippen LogP contribution is -2.16. The van der Waals surface area contributed by atoms with Gasteiger partial charge in [0.05, 0.1) is 39.5 Å². The summed E-state index contributed by atoms with van der Waals surface area (Å²) in [6, 6.07) is 14.3. The minimum absolute atomic E-state index is 0.175. The van der Waals surface area contributed by atoms with Crippen molar-refractivity contribution in [3.8, 4) is 27.8 Å². The first-order valence-electron chi connectivity index (χ1n) is 11.4. The molecule has 35 heavy (non-hydrogen) atoms. The zero-order chi connectivity index (χ0) is 24.1. The predicted molar refractivity (Wildman–Crippen MR) is 136 cm³/mol. The highest BCUT2D eigenvalue weighted by atomic mass is 32.1. The predicted octanol–water partition coefficient (Wildman–Crippen LogP) is 4.39. The molecule has 1 aliphatic rings. The maximum absolute atomic E-state index is 12.9. The van der Waals surface area contributed by atoms with Crippen LogP contribution in [0.3, 0.4) is 0 Å². The van der Waals surface area contributed by atoms with Crippen molar-refractivity contribution in [1.82, 2.24) is 20.0 Å². The van der Waals surface area contributed by atoms with Crippen molar-refractivity contribution < 1.29 is 4.74 Å². The quantitative estimate of drug-likeness (QED) is 0.392. The standard InChI is InChI=1S/C26H22N6O2S/c1-32-24(25-18(11-27)15-5-2-3-7-22(15)35-25)19(13-29-32)14-9-16-20(12-28)30-31-26(33)23(16)17(10-14)21-6-4-8-34-21/h2-3,5,7,9-10,13,21H,4,6,8,12,28H2,1H3,(H,31,33)/t21-/m0/s1. The Morgan fingerprint density at radius 2 is 2.17 bits per heavy atom. The van der Waals surface area contributed by atoms with Crippen LogP contribution in [-0.2, 0) is 18.3 Å². The van der Waals surface area contributed by atoms with Crippen molar-refractivity contribution in [2.45, 2.75) is 25.5 Å². The van der Waals surface area contributed by atoms with Crippen LogP contribution in [0.4, 0.5) is 0 Å². The highest BCUT2D eigenvalue weighted by Gasteiger charge is 2.26. The molecule has 0 aliphatic carbocycles. The molecule has 1 saturated heterocycles. The van der Waals surface area contributed by atoms with Crippen LogP contribution in [0.25, 0.3) is 42.6 Å². The highest BCUT2D eigenvalue weighted by Crippen LogP contribution is 2.44. The molecule has 9 heteroatoms. The fourth-order valence-electron chi connectivity index (χ4n) is 5.01. The van der Waals surface area contributed by atoms with E-state index in [1.54, 1.807) is 16.0 Å². The van der Waals surface area contributed by atoms with E-state index in [-0.39, 0.29) is 18.2 Å². The fourth-order valence-corrected chi connectivity index (χ4v) is 6.25. The van der Waals surface area contributed by atoms with Gasteiger partial charge in [0, 0.05) is 41.2 Å². The van der Waals surface area contributed by atoms with E-state index >= 15 is 0 Å². The van der Waals surface area contributed by atoms with Crippen LogP contribution in [-0.4, -0.2) is 26.6 Å². The van der Waals surface area contributed by atoms with E-state index in [2.05, 4.69) is 21.4 Å². The van der Waals surface area contributed by atoms with Gasteiger partial charge in [-0.15, -0.1) is 11.3 Å². The van der Waals surface area contributed by atoms with Gasteiger partial charge in [0.1, 0.15) is 6.07 Å². The monoisotopic (exact) mass is 482 g/mol. The van der Waals surface area contributed by atoms with E-state index in [1.165, 1.54) is 0 Å². The van der Waals surface area contributed by atoms with Gasteiger partial charge in [-0.05, 0) is 42.2 Å². The summed E-state index contributed by atoms with van der Waals surface area (Å²) in [5.41, 5.74) is 10.4. The topological polar surface area (TPSA) is 123 Å². The lowest BCUT2D eigenvalue weighted by Gasteiger charge is -2.16. The Balaban J connectivity index is 1.65. The molecule has 0 unspecified atom stereocenters. The summed E-state index contributed by atoms with van der Waals surface area (Å²) in [5.74, 6) is 0. The van der Waals surface area contributed by atoms with Crippen molar-refractivity contribution >= 4 is 32.2 Å². The smallest absolute Gasteiger partial charge is 0.272 e. The van der Waals surface area contributed by atoms with E-state index in [4.69, 9.17) is 10.5 Å². The third kappa shape index (κ3) is 3.38. The Labute approximate surface area is 204 Å². The van der Waals surface area contributed by atoms with Gasteiger partial charge in [-0.25, -0.2) is 5.10 Å². The molecule has 2 aromatic carbocycles. The van der Waals surface area contributed by atoms with Gasteiger partial charge in [0.15, 0.2) is 0 Å². The van der Waals surface area contributed by atoms with Gasteiger partial charge in [0.25, 0.3) is 5.56 Å². The number of nitrogens with zero attached hydrogens (tertiary/aromatic N) is 4. The number of thiophene rings is 1. The fraction of sp³-hybridized carbons (Fsp3) is 0.231. The average Bonchev–Trinajstić information content (AvgIpc) is 3.62. The zero-order valence-corrected chi connectivity index (χ0v) is 19.9. The number of nitriles is 1. The summed E-state index contributed by atoms with van der Waals surface area (Å²) in [6.45, 7) is 0.852. The molecule has 6 rings (SSSR count). The van der Waals surface area contributed by atoms with Crippen molar-refractivity contribution in [1.29, 1.82) is 5.26 Å². The number of aromatic nitrogens is 4. The molecular formula is C26H22N6O2S. The number of H-pyrrole nitrogens is 1. The molecule has 174 valence electrons. The molecule has 0 amide bonds. The summed E-state index contributed by atoms with van der Waals surface area (Å²) < 4.78 is 8.85. The summed E-state index contributed by atoms with van der Waals surface area (Å²) in [7, 11) is 1.88. The number of nitrogens with one attached hydrogen (secondary N) is 1. The number of hydrogen-bond donors (Lipinski definition) is 2. The molecule has 1 fully saturated rings. The Hall–Kier alpha value is -3.84. The van der Waals surface area contributed by atoms with Crippen molar-refractivity contribution in [2.24, 2.45) is 12.8 Å². The van der Waals surface area contributed by atoms with Gasteiger partial charge < -0.3 is 10.5 Å². The Kier molecular flexibility index (Phi) is 5.22. The number of hydrogen-bond acceptors (Lipinski definition) is 7. The molecule has 1 aliphatic heterocycles. The van der Waals surface area contributed by atoms with E-state index in [0.717, 1.165) is 50.2 Å². The third-order valence-electron chi connectivity index (χ3n) is 6.64. The molecule has 0 saturated carbocycles. The highest BCUT2D eigenvalue weighted by molar-refractivity contribution is 7.22. The van der Waals surface area contributed by atoms with Crippen LogP contribution in [0.15, 0.2) is 47.4 Å². The second kappa shape index (κ2) is 8.43. The normalized spacial score (nSPS) is 15.7. The molecule has 3 aromatic heterocycles. The minimum atomic E-state index is -0.253. The second-order valence-corrected chi connectivity index (χ2v) is 9.69. The summed E-state index contributed by atoms with van der Waals surface area (Å²) in [6.07, 6.45) is 3.41. The first-order valence-corrected chi connectivity index (χ1v) is 12.2. The number of aromatic amines is 1. The van der Waals surface area contributed by atoms with Gasteiger partial charge in [-0.1, -0.05) is 18.2 Å². The van der Waals surface area contributed by atoms with Crippen LogP contribution in [0.2, 0.25) is 0 Å². The van der Waals surface area contributed by atoms with Gasteiger partial charge in [-0.2, -0.15) is 15.5 Å². The molecule has 1 atom stereocenters. The van der Waals surface area contributed by atoms with Crippen molar-refractivity contribution in [2.75, 3.05) is 6.61 Å². The van der Waals surface area contributed by atoms with Crippen LogP contribution >= 0.6 is 11.3 Å². The molecule has 5 aromatic rings. The third-order valence-corrected chi connectivity index (χ3v) is 7.82. The Morgan fingerprint density at radius 1 is 1.31 bits per heavy atom. The molecular weight excluding hydrogens is 460 g/mol. The van der Waals surface area contributed by atoms with Crippen LogP contribution in [0, 0.1) is 11.3 Å². The number of aryl methyl sites for hydroxylation is 1. The molecule has 0 radical (unpaired) electrons. The summed E-state index contributed by atoms with van der Waals surface area (Å²) in [4.78, 5) is 13.7. The lowest BCUT2D eigenvalue weighted by atomic mass is 9.93. The van der Waals surface area contributed by atoms with E-state index < -0.39 is 0 Å². The van der Waals surface area contributed by atoms with E-state index in [9.17, 15) is 10.1 Å². The van der Waals surface area contributed by atoms with E-state index in [1.807, 2.05) is 49.6 Å². The molecule has 4 heterocycles. The van der Waals surface area contributed by atoms with Crippen LogP contribution in [0.5, 0.6) is 0 Å². The summed E-state index contributed by atoms with van der Waals surface area (Å²) in [5, 5.41) is 23.6. The lowest BCUT2D eigenvalue weighted by molar-refractivity contribution is 0.113. The number of nitrogens with two attached hydrogens (primary N) is 1. The van der Waals surface area contributed by atoms with Gasteiger partial charge in [-0.3, -0.25) is 9.48 Å². The largest absolute Gasteiger partial charge is 0.374 e. The molecule has 8 nitrogen and oxygen atoms in total. The van der Waals surface area contributed by atoms with Gasteiger partial charge >= 0.3 is 0 Å². The average molecular weight is 483 g/mol. The van der Waals surface area contributed by atoms with Crippen LogP contribution in [0.1, 0.15) is 35.8 Å². The minimum Gasteiger partial charge on any atom is -0.374 e. The zero-order valence-electron chi connectivity index (χ0n) is 19.0. The molecule has 0 bridgehead atoms. The molecule has 0 spiro atoms. The van der Waals surface area contributed by atoms with Crippen molar-refractivity contribution in [3.63, 3.8) is 0 Å². The first kappa shape index (κ1) is 21.7.